The van der Waals surface area contributed by atoms with Gasteiger partial charge in [-0.05, 0) is 12.8 Å². The minimum Gasteiger partial charge on any atom is -0.271 e. The Morgan fingerprint density at radius 3 is 2.83 bits per heavy atom. The summed E-state index contributed by atoms with van der Waals surface area (Å²) in [7, 11) is 1.92. The van der Waals surface area contributed by atoms with Crippen molar-refractivity contribution in [3.05, 3.63) is 16.9 Å². The molecule has 1 aromatic heterocycles. The molecule has 0 radical (unpaired) electrons. The number of aryl methyl sites for hydroxylation is 1. The van der Waals surface area contributed by atoms with E-state index in [0.717, 1.165) is 23.6 Å². The van der Waals surface area contributed by atoms with Crippen molar-refractivity contribution in [2.45, 2.75) is 24.6 Å². The van der Waals surface area contributed by atoms with Crippen molar-refractivity contribution >= 4 is 27.5 Å². The highest BCUT2D eigenvalue weighted by molar-refractivity contribution is 9.09. The van der Waals surface area contributed by atoms with Gasteiger partial charge in [-0.15, -0.1) is 0 Å². The standard InChI is InChI=1S/C8H12BrClN2/c1-6(9)3-4-8-7(10)5-11-12(8)2/h5-6H,3-4H2,1-2H3. The molecular formula is C8H12BrClN2. The van der Waals surface area contributed by atoms with Gasteiger partial charge in [-0.25, -0.2) is 0 Å². The maximum atomic E-state index is 5.93. The van der Waals surface area contributed by atoms with Crippen LogP contribution in [0.1, 0.15) is 19.0 Å². The van der Waals surface area contributed by atoms with Gasteiger partial charge in [0.15, 0.2) is 0 Å². The van der Waals surface area contributed by atoms with E-state index in [1.807, 2.05) is 11.7 Å². The molecular weight excluding hydrogens is 239 g/mol. The van der Waals surface area contributed by atoms with Crippen molar-refractivity contribution in [3.63, 3.8) is 0 Å². The first-order valence-corrected chi connectivity index (χ1v) is 5.21. The number of rotatable bonds is 3. The smallest absolute Gasteiger partial charge is 0.0817 e. The number of alkyl halides is 1. The third kappa shape index (κ3) is 2.49. The van der Waals surface area contributed by atoms with E-state index >= 15 is 0 Å². The van der Waals surface area contributed by atoms with Gasteiger partial charge in [-0.1, -0.05) is 34.5 Å². The molecule has 12 heavy (non-hydrogen) atoms. The Morgan fingerprint density at radius 1 is 1.75 bits per heavy atom. The van der Waals surface area contributed by atoms with E-state index in [0.29, 0.717) is 4.83 Å². The van der Waals surface area contributed by atoms with Crippen LogP contribution in [0, 0.1) is 0 Å². The lowest BCUT2D eigenvalue weighted by Gasteiger charge is -2.03. The molecule has 1 rings (SSSR count). The van der Waals surface area contributed by atoms with Gasteiger partial charge >= 0.3 is 0 Å². The molecule has 0 spiro atoms. The Bertz CT molecular complexity index is 238. The summed E-state index contributed by atoms with van der Waals surface area (Å²) in [5.41, 5.74) is 1.11. The number of halogens is 2. The zero-order valence-corrected chi connectivity index (χ0v) is 9.56. The number of hydrogen-bond donors (Lipinski definition) is 0. The molecule has 0 aliphatic rings. The molecule has 1 aromatic rings. The van der Waals surface area contributed by atoms with E-state index in [-0.39, 0.29) is 0 Å². The SMILES string of the molecule is CC(Br)CCc1c(Cl)cnn1C. The Kier molecular flexibility index (Phi) is 3.59. The molecule has 0 saturated heterocycles. The predicted molar refractivity (Wildman–Crippen MR) is 54.9 cm³/mol. The van der Waals surface area contributed by atoms with Crippen molar-refractivity contribution in [1.82, 2.24) is 9.78 Å². The van der Waals surface area contributed by atoms with E-state index < -0.39 is 0 Å². The summed E-state index contributed by atoms with van der Waals surface area (Å²) in [5, 5.41) is 4.83. The summed E-state index contributed by atoms with van der Waals surface area (Å²) in [6.07, 6.45) is 3.75. The molecule has 0 saturated carbocycles. The zero-order valence-electron chi connectivity index (χ0n) is 7.22. The molecule has 68 valence electrons. The minimum absolute atomic E-state index is 0.531. The summed E-state index contributed by atoms with van der Waals surface area (Å²) in [6, 6.07) is 0. The van der Waals surface area contributed by atoms with E-state index in [9.17, 15) is 0 Å². The first-order chi connectivity index (χ1) is 5.61. The van der Waals surface area contributed by atoms with Gasteiger partial charge in [-0.3, -0.25) is 4.68 Å². The average Bonchev–Trinajstić information content (AvgIpc) is 2.28. The summed E-state index contributed by atoms with van der Waals surface area (Å²) < 4.78 is 1.83. The largest absolute Gasteiger partial charge is 0.271 e. The molecule has 4 heteroatoms. The fourth-order valence-corrected chi connectivity index (χ4v) is 1.54. The Hall–Kier alpha value is -0.0200. The molecule has 0 amide bonds. The molecule has 0 fully saturated rings. The van der Waals surface area contributed by atoms with Crippen LogP contribution in [0.5, 0.6) is 0 Å². The summed E-state index contributed by atoms with van der Waals surface area (Å²) in [4.78, 5) is 0.531. The monoisotopic (exact) mass is 250 g/mol. The van der Waals surface area contributed by atoms with Gasteiger partial charge in [-0.2, -0.15) is 5.10 Å². The number of aromatic nitrogens is 2. The maximum Gasteiger partial charge on any atom is 0.0817 e. The van der Waals surface area contributed by atoms with E-state index in [4.69, 9.17) is 11.6 Å². The van der Waals surface area contributed by atoms with E-state index in [1.165, 1.54) is 0 Å². The summed E-state index contributed by atoms with van der Waals surface area (Å²) in [6.45, 7) is 2.13. The van der Waals surface area contributed by atoms with Crippen molar-refractivity contribution in [2.24, 2.45) is 7.05 Å². The summed E-state index contributed by atoms with van der Waals surface area (Å²) >= 11 is 9.43. The van der Waals surface area contributed by atoms with E-state index in [2.05, 4.69) is 28.0 Å². The zero-order chi connectivity index (χ0) is 9.14. The average molecular weight is 252 g/mol. The Morgan fingerprint density at radius 2 is 2.42 bits per heavy atom. The van der Waals surface area contributed by atoms with Crippen molar-refractivity contribution in [2.75, 3.05) is 0 Å². The van der Waals surface area contributed by atoms with Gasteiger partial charge < -0.3 is 0 Å². The van der Waals surface area contributed by atoms with Crippen molar-refractivity contribution in [3.8, 4) is 0 Å². The minimum atomic E-state index is 0.531. The van der Waals surface area contributed by atoms with Crippen LogP contribution in [-0.4, -0.2) is 14.6 Å². The van der Waals surface area contributed by atoms with Crippen LogP contribution in [-0.2, 0) is 13.5 Å². The Balaban J connectivity index is 2.62. The van der Waals surface area contributed by atoms with Gasteiger partial charge in [0, 0.05) is 11.9 Å². The molecule has 0 N–H and O–H groups in total. The fourth-order valence-electron chi connectivity index (χ4n) is 1.05. The first-order valence-electron chi connectivity index (χ1n) is 3.91. The van der Waals surface area contributed by atoms with Crippen LogP contribution in [0.4, 0.5) is 0 Å². The molecule has 0 aliphatic heterocycles. The quantitative estimate of drug-likeness (QED) is 0.756. The number of nitrogens with zero attached hydrogens (tertiary/aromatic N) is 2. The second kappa shape index (κ2) is 4.28. The van der Waals surface area contributed by atoms with Crippen LogP contribution < -0.4 is 0 Å². The van der Waals surface area contributed by atoms with Crippen molar-refractivity contribution < 1.29 is 0 Å². The lowest BCUT2D eigenvalue weighted by molar-refractivity contribution is 0.683. The molecule has 1 unspecified atom stereocenters. The van der Waals surface area contributed by atoms with Gasteiger partial charge in [0.25, 0.3) is 0 Å². The van der Waals surface area contributed by atoms with Gasteiger partial charge in [0.2, 0.25) is 0 Å². The second-order valence-corrected chi connectivity index (χ2v) is 4.85. The van der Waals surface area contributed by atoms with Crippen LogP contribution in [0.2, 0.25) is 5.02 Å². The third-order valence-corrected chi connectivity index (χ3v) is 2.56. The molecule has 1 heterocycles. The highest BCUT2D eigenvalue weighted by atomic mass is 79.9. The van der Waals surface area contributed by atoms with Crippen LogP contribution in [0.15, 0.2) is 6.20 Å². The lowest BCUT2D eigenvalue weighted by Crippen LogP contribution is -2.01. The highest BCUT2D eigenvalue weighted by Crippen LogP contribution is 2.17. The topological polar surface area (TPSA) is 17.8 Å². The maximum absolute atomic E-state index is 5.93. The van der Waals surface area contributed by atoms with Crippen LogP contribution >= 0.6 is 27.5 Å². The van der Waals surface area contributed by atoms with Crippen LogP contribution in [0.25, 0.3) is 0 Å². The predicted octanol–water partition coefficient (Wildman–Crippen LogP) is 2.79. The molecule has 0 aliphatic carbocycles. The molecule has 0 bridgehead atoms. The lowest BCUT2D eigenvalue weighted by atomic mass is 10.2. The fraction of sp³-hybridized carbons (Fsp3) is 0.625. The normalized spacial score (nSPS) is 13.3. The van der Waals surface area contributed by atoms with Gasteiger partial charge in [0.1, 0.15) is 0 Å². The third-order valence-electron chi connectivity index (χ3n) is 1.79. The van der Waals surface area contributed by atoms with Crippen molar-refractivity contribution in [1.29, 1.82) is 0 Å². The number of hydrogen-bond acceptors (Lipinski definition) is 1. The van der Waals surface area contributed by atoms with Gasteiger partial charge in [0.05, 0.1) is 16.9 Å². The second-order valence-electron chi connectivity index (χ2n) is 2.88. The molecule has 2 nitrogen and oxygen atoms in total. The molecule has 0 aromatic carbocycles. The van der Waals surface area contributed by atoms with E-state index in [1.54, 1.807) is 6.20 Å². The molecule has 1 atom stereocenters. The first kappa shape index (κ1) is 10.1. The Labute approximate surface area is 86.0 Å². The highest BCUT2D eigenvalue weighted by Gasteiger charge is 2.06. The van der Waals surface area contributed by atoms with Crippen LogP contribution in [0.3, 0.4) is 0 Å². The summed E-state index contributed by atoms with van der Waals surface area (Å²) in [5.74, 6) is 0.